The predicted molar refractivity (Wildman–Crippen MR) is 112 cm³/mol. The number of azo groups is 1. The highest BCUT2D eigenvalue weighted by atomic mass is 79.9. The highest BCUT2D eigenvalue weighted by Gasteiger charge is 2.18. The summed E-state index contributed by atoms with van der Waals surface area (Å²) in [5.74, 6) is 0.0622. The second kappa shape index (κ2) is 7.32. The molecular weight excluding hydrogens is 442 g/mol. The van der Waals surface area contributed by atoms with E-state index in [2.05, 4.69) is 41.1 Å². The number of nitrogens with one attached hydrogen (secondary N) is 2. The zero-order chi connectivity index (χ0) is 20.7. The first kappa shape index (κ1) is 19.1. The van der Waals surface area contributed by atoms with Crippen molar-refractivity contribution >= 4 is 49.6 Å². The molecule has 0 amide bonds. The molecule has 0 bridgehead atoms. The second-order valence-electron chi connectivity index (χ2n) is 6.62. The van der Waals surface area contributed by atoms with Crippen LogP contribution in [-0.2, 0) is 13.6 Å². The van der Waals surface area contributed by atoms with Crippen LogP contribution < -0.4 is 11.2 Å². The Hall–Kier alpha value is -3.21. The third kappa shape index (κ3) is 3.27. The van der Waals surface area contributed by atoms with Crippen molar-refractivity contribution in [1.82, 2.24) is 24.1 Å². The molecule has 3 heterocycles. The number of imidazole rings is 1. The lowest BCUT2D eigenvalue weighted by molar-refractivity contribution is 0.459. The fourth-order valence-corrected chi connectivity index (χ4v) is 3.52. The quantitative estimate of drug-likeness (QED) is 0.393. The molecule has 3 N–H and O–H groups in total. The Kier molecular flexibility index (Phi) is 4.82. The van der Waals surface area contributed by atoms with Crippen molar-refractivity contribution < 1.29 is 5.11 Å². The van der Waals surface area contributed by atoms with Gasteiger partial charge in [0.05, 0.1) is 5.52 Å². The molecule has 4 aromatic rings. The number of rotatable bonds is 5. The molecule has 29 heavy (non-hydrogen) atoms. The minimum absolute atomic E-state index is 0.122. The minimum atomic E-state index is -0.551. The second-order valence-corrected chi connectivity index (χ2v) is 7.54. The first-order chi connectivity index (χ1) is 13.9. The summed E-state index contributed by atoms with van der Waals surface area (Å²) in [4.78, 5) is 33.8. The van der Waals surface area contributed by atoms with Gasteiger partial charge in [-0.05, 0) is 24.6 Å². The standard InChI is InChI=1S/C18H18BrN7O3/c1-3-4-7-26-13-14(25(2)18(29)22-16(13)28)21-17(26)24-23-12-10-8-9(19)5-6-11(10)20-15(12)27/h5-6,8,20,27H,3-4,7H2,1-2H3,(H,22,28,29). The van der Waals surface area contributed by atoms with Crippen molar-refractivity contribution in [2.24, 2.45) is 17.3 Å². The molecule has 1 aromatic carbocycles. The molecule has 0 saturated heterocycles. The number of aromatic nitrogens is 5. The molecule has 0 aliphatic heterocycles. The van der Waals surface area contributed by atoms with E-state index >= 15 is 0 Å². The van der Waals surface area contributed by atoms with Crippen LogP contribution in [0.1, 0.15) is 19.8 Å². The van der Waals surface area contributed by atoms with Gasteiger partial charge in [-0.15, -0.1) is 10.2 Å². The average Bonchev–Trinajstić information content (AvgIpc) is 3.20. The number of nitrogens with zero attached hydrogens (tertiary/aromatic N) is 5. The molecule has 0 radical (unpaired) electrons. The number of hydrogen-bond donors (Lipinski definition) is 3. The third-order valence-corrected chi connectivity index (χ3v) is 5.17. The molecule has 150 valence electrons. The summed E-state index contributed by atoms with van der Waals surface area (Å²) < 4.78 is 3.73. The Morgan fingerprint density at radius 3 is 2.79 bits per heavy atom. The van der Waals surface area contributed by atoms with E-state index in [1.54, 1.807) is 4.57 Å². The van der Waals surface area contributed by atoms with E-state index in [1.165, 1.54) is 11.6 Å². The Morgan fingerprint density at radius 2 is 2.03 bits per heavy atom. The molecule has 0 aliphatic carbocycles. The van der Waals surface area contributed by atoms with Gasteiger partial charge in [-0.1, -0.05) is 29.3 Å². The number of H-pyrrole nitrogens is 2. The van der Waals surface area contributed by atoms with E-state index in [4.69, 9.17) is 0 Å². The summed E-state index contributed by atoms with van der Waals surface area (Å²) in [5, 5.41) is 19.3. The Morgan fingerprint density at radius 1 is 1.24 bits per heavy atom. The molecule has 0 unspecified atom stereocenters. The van der Waals surface area contributed by atoms with Crippen molar-refractivity contribution in [1.29, 1.82) is 0 Å². The molecule has 10 nitrogen and oxygen atoms in total. The van der Waals surface area contributed by atoms with Gasteiger partial charge >= 0.3 is 5.69 Å². The summed E-state index contributed by atoms with van der Waals surface area (Å²) >= 11 is 3.40. The molecule has 11 heteroatoms. The zero-order valence-corrected chi connectivity index (χ0v) is 17.3. The van der Waals surface area contributed by atoms with Gasteiger partial charge in [0.2, 0.25) is 5.88 Å². The maximum Gasteiger partial charge on any atom is 0.329 e. The molecule has 0 atom stereocenters. The maximum atomic E-state index is 12.4. The minimum Gasteiger partial charge on any atom is -0.493 e. The Labute approximate surface area is 172 Å². The molecule has 0 saturated carbocycles. The van der Waals surface area contributed by atoms with Crippen molar-refractivity contribution in [2.45, 2.75) is 26.3 Å². The number of hydrogen-bond acceptors (Lipinski definition) is 6. The van der Waals surface area contributed by atoms with Crippen molar-refractivity contribution in [2.75, 3.05) is 0 Å². The highest BCUT2D eigenvalue weighted by molar-refractivity contribution is 9.10. The number of aromatic amines is 2. The molecule has 0 aliphatic rings. The zero-order valence-electron chi connectivity index (χ0n) is 15.7. The van der Waals surface area contributed by atoms with Gasteiger partial charge in [-0.2, -0.15) is 4.98 Å². The first-order valence-electron chi connectivity index (χ1n) is 9.02. The first-order valence-corrected chi connectivity index (χ1v) is 9.81. The van der Waals surface area contributed by atoms with E-state index < -0.39 is 11.2 Å². The Bertz CT molecular complexity index is 1380. The Balaban J connectivity index is 1.90. The van der Waals surface area contributed by atoms with Gasteiger partial charge in [0.15, 0.2) is 16.9 Å². The summed E-state index contributed by atoms with van der Waals surface area (Å²) in [6, 6.07) is 5.47. The lowest BCUT2D eigenvalue weighted by Crippen LogP contribution is -2.29. The smallest absolute Gasteiger partial charge is 0.329 e. The van der Waals surface area contributed by atoms with Gasteiger partial charge in [-0.3, -0.25) is 14.3 Å². The van der Waals surface area contributed by atoms with Crippen LogP contribution in [-0.4, -0.2) is 29.2 Å². The van der Waals surface area contributed by atoms with E-state index in [1.807, 2.05) is 25.1 Å². The number of unbranched alkanes of at least 4 members (excludes halogenated alkanes) is 1. The molecule has 0 spiro atoms. The van der Waals surface area contributed by atoms with Crippen LogP contribution in [0.3, 0.4) is 0 Å². The van der Waals surface area contributed by atoms with E-state index in [9.17, 15) is 14.7 Å². The summed E-state index contributed by atoms with van der Waals surface area (Å²) in [7, 11) is 1.53. The largest absolute Gasteiger partial charge is 0.493 e. The molecule has 4 rings (SSSR count). The van der Waals surface area contributed by atoms with Crippen molar-refractivity contribution in [3.63, 3.8) is 0 Å². The molecule has 3 aromatic heterocycles. The topological polar surface area (TPSA) is 133 Å². The van der Waals surface area contributed by atoms with Crippen LogP contribution in [0.5, 0.6) is 5.88 Å². The molecular formula is C18H18BrN7O3. The molecule has 0 fully saturated rings. The normalized spacial score (nSPS) is 12.0. The van der Waals surface area contributed by atoms with Crippen LogP contribution in [0.2, 0.25) is 0 Å². The van der Waals surface area contributed by atoms with Crippen molar-refractivity contribution in [3.8, 4) is 5.88 Å². The summed E-state index contributed by atoms with van der Waals surface area (Å²) in [6.07, 6.45) is 1.69. The van der Waals surface area contributed by atoms with Crippen LogP contribution >= 0.6 is 15.9 Å². The van der Waals surface area contributed by atoms with Gasteiger partial charge in [-0.25, -0.2) is 4.79 Å². The van der Waals surface area contributed by atoms with Crippen LogP contribution in [0, 0.1) is 0 Å². The van der Waals surface area contributed by atoms with Crippen LogP contribution in [0.4, 0.5) is 11.6 Å². The van der Waals surface area contributed by atoms with Crippen LogP contribution in [0.25, 0.3) is 22.1 Å². The maximum absolute atomic E-state index is 12.4. The van der Waals surface area contributed by atoms with Gasteiger partial charge < -0.3 is 14.7 Å². The predicted octanol–water partition coefficient (Wildman–Crippen LogP) is 3.59. The number of aryl methyl sites for hydroxylation is 2. The monoisotopic (exact) mass is 459 g/mol. The lowest BCUT2D eigenvalue weighted by atomic mass is 10.2. The average molecular weight is 460 g/mol. The fourth-order valence-electron chi connectivity index (χ4n) is 3.16. The van der Waals surface area contributed by atoms with E-state index in [0.29, 0.717) is 17.4 Å². The van der Waals surface area contributed by atoms with Crippen molar-refractivity contribution in [3.05, 3.63) is 43.5 Å². The number of fused-ring (bicyclic) bond motifs is 2. The lowest BCUT2D eigenvalue weighted by Gasteiger charge is -2.04. The number of halogens is 1. The summed E-state index contributed by atoms with van der Waals surface area (Å²) in [6.45, 7) is 2.52. The third-order valence-electron chi connectivity index (χ3n) is 4.68. The number of aromatic hydroxyl groups is 1. The number of benzene rings is 1. The highest BCUT2D eigenvalue weighted by Crippen LogP contribution is 2.37. The van der Waals surface area contributed by atoms with E-state index in [0.717, 1.165) is 17.3 Å². The van der Waals surface area contributed by atoms with E-state index in [-0.39, 0.29) is 28.7 Å². The fraction of sp³-hybridized carbons (Fsp3) is 0.278. The van der Waals surface area contributed by atoms with Gasteiger partial charge in [0.25, 0.3) is 11.5 Å². The summed E-state index contributed by atoms with van der Waals surface area (Å²) in [5.41, 5.74) is 0.392. The SMILES string of the molecule is CCCCn1c(N=Nc2c(O)[nH]c3ccc(Br)cc23)nc2c1c(=O)[nH]c(=O)n2C. The van der Waals surface area contributed by atoms with Gasteiger partial charge in [0.1, 0.15) is 0 Å². The van der Waals surface area contributed by atoms with Gasteiger partial charge in [0, 0.05) is 23.5 Å². The van der Waals surface area contributed by atoms with Crippen LogP contribution in [0.15, 0.2) is 42.5 Å².